The van der Waals surface area contributed by atoms with E-state index >= 15 is 0 Å². The summed E-state index contributed by atoms with van der Waals surface area (Å²) in [4.78, 5) is 13.2. The number of hydrogen-bond acceptors (Lipinski definition) is 9. The summed E-state index contributed by atoms with van der Waals surface area (Å²) in [6.07, 6.45) is -1.76. The number of nitrogens with one attached hydrogen (secondary N) is 1. The van der Waals surface area contributed by atoms with E-state index < -0.39 is 52.7 Å². The molecule has 2 N–H and O–H groups in total. The number of aliphatic hydroxyl groups is 1. The molecule has 46 heavy (non-hydrogen) atoms. The van der Waals surface area contributed by atoms with Crippen LogP contribution in [0.4, 0.5) is 4.79 Å². The third-order valence-corrected chi connectivity index (χ3v) is 11.2. The minimum atomic E-state index is -4.02. The molecule has 2 aromatic rings. The highest BCUT2D eigenvalue weighted by Gasteiger charge is 2.51. The van der Waals surface area contributed by atoms with Gasteiger partial charge in [-0.2, -0.15) is 4.31 Å². The monoisotopic (exact) mass is 658 g/mol. The number of carbonyl (C=O) groups excluding carboxylic acids is 1. The molecule has 0 aliphatic carbocycles. The summed E-state index contributed by atoms with van der Waals surface area (Å²) in [5, 5.41) is 14.4. The normalized spacial score (nSPS) is 25.1. The number of benzene rings is 2. The summed E-state index contributed by atoms with van der Waals surface area (Å²) in [5.41, 5.74) is 0.530. The standard InChI is InChI=1S/C33H47BN2O9S/c1-22(2)19-36(46(39,40)25-14-12-24(13-15-25)34-44-32(3,4)33(5,6)45-34)20-28(37)27(18-23-10-8-7-9-11-23)35-31(38)43-29-21-42-30-26(29)16-17-41-30/h7-15,22,26-30,37H,16-21H2,1-6H3,(H,35,38)/t26?,27?,28-,29+,30?/m1/s1. The number of aliphatic hydroxyl groups excluding tert-OH is 1. The Morgan fingerprint density at radius 3 is 2.30 bits per heavy atom. The highest BCUT2D eigenvalue weighted by atomic mass is 32.2. The second-order valence-electron chi connectivity index (χ2n) is 13.8. The van der Waals surface area contributed by atoms with Gasteiger partial charge in [0.2, 0.25) is 10.0 Å². The molecule has 0 spiro atoms. The van der Waals surface area contributed by atoms with Gasteiger partial charge in [-0.25, -0.2) is 13.2 Å². The first kappa shape index (κ1) is 34.8. The predicted molar refractivity (Wildman–Crippen MR) is 173 cm³/mol. The van der Waals surface area contributed by atoms with Crippen molar-refractivity contribution < 1.29 is 41.8 Å². The lowest BCUT2D eigenvalue weighted by Gasteiger charge is -2.32. The number of amides is 1. The SMILES string of the molecule is CC(C)CN(C[C@@H](O)C(Cc1ccccc1)NC(=O)O[C@H]1COC2OCCC21)S(=O)(=O)c1ccc(B2OC(C)(C)C(C)(C)O2)cc1. The van der Waals surface area contributed by atoms with Gasteiger partial charge in [0.15, 0.2) is 6.29 Å². The molecule has 3 aliphatic heterocycles. The zero-order chi connectivity index (χ0) is 33.3. The lowest BCUT2D eigenvalue weighted by molar-refractivity contribution is -0.0907. The molecule has 11 nitrogen and oxygen atoms in total. The fraction of sp³-hybridized carbons (Fsp3) is 0.606. The summed E-state index contributed by atoms with van der Waals surface area (Å²) in [6, 6.07) is 15.0. The second-order valence-corrected chi connectivity index (χ2v) is 15.8. The smallest absolute Gasteiger partial charge is 0.443 e. The van der Waals surface area contributed by atoms with Crippen molar-refractivity contribution in [3.8, 4) is 0 Å². The van der Waals surface area contributed by atoms with Crippen LogP contribution < -0.4 is 10.8 Å². The van der Waals surface area contributed by atoms with Crippen LogP contribution in [0.2, 0.25) is 0 Å². The number of rotatable bonds is 12. The molecule has 3 heterocycles. The molecular formula is C33H47BN2O9S. The number of fused-ring (bicyclic) bond motifs is 1. The Labute approximate surface area is 273 Å². The summed E-state index contributed by atoms with van der Waals surface area (Å²) in [7, 11) is -4.65. The van der Waals surface area contributed by atoms with Crippen molar-refractivity contribution in [2.75, 3.05) is 26.3 Å². The van der Waals surface area contributed by atoms with Crippen molar-refractivity contribution in [1.82, 2.24) is 9.62 Å². The first-order valence-electron chi connectivity index (χ1n) is 16.0. The summed E-state index contributed by atoms with van der Waals surface area (Å²) in [6.45, 7) is 12.4. The Hall–Kier alpha value is -2.52. The van der Waals surface area contributed by atoms with Crippen LogP contribution in [0.15, 0.2) is 59.5 Å². The minimum Gasteiger partial charge on any atom is -0.443 e. The number of carbonyl (C=O) groups is 1. The lowest BCUT2D eigenvalue weighted by atomic mass is 9.79. The van der Waals surface area contributed by atoms with Gasteiger partial charge < -0.3 is 33.9 Å². The van der Waals surface area contributed by atoms with Crippen molar-refractivity contribution in [2.24, 2.45) is 11.8 Å². The quantitative estimate of drug-likeness (QED) is 0.330. The molecule has 5 atom stereocenters. The Kier molecular flexibility index (Phi) is 10.5. The molecule has 0 saturated carbocycles. The van der Waals surface area contributed by atoms with Crippen LogP contribution in [-0.2, 0) is 40.0 Å². The maximum atomic E-state index is 14.0. The van der Waals surface area contributed by atoms with Gasteiger partial charge in [0.05, 0.1) is 47.4 Å². The van der Waals surface area contributed by atoms with Gasteiger partial charge in [-0.1, -0.05) is 56.3 Å². The van der Waals surface area contributed by atoms with E-state index in [0.717, 1.165) is 12.0 Å². The Balaban J connectivity index is 1.31. The first-order valence-corrected chi connectivity index (χ1v) is 17.5. The molecule has 0 bridgehead atoms. The van der Waals surface area contributed by atoms with E-state index in [9.17, 15) is 18.3 Å². The van der Waals surface area contributed by atoms with Gasteiger partial charge in [0.1, 0.15) is 6.10 Å². The largest absolute Gasteiger partial charge is 0.494 e. The van der Waals surface area contributed by atoms with E-state index in [4.69, 9.17) is 23.5 Å². The van der Waals surface area contributed by atoms with Crippen molar-refractivity contribution in [2.45, 2.75) is 95.0 Å². The highest BCUT2D eigenvalue weighted by molar-refractivity contribution is 7.89. The molecule has 0 aromatic heterocycles. The number of nitrogens with zero attached hydrogens (tertiary/aromatic N) is 1. The molecule has 252 valence electrons. The molecule has 13 heteroatoms. The average molecular weight is 659 g/mol. The van der Waals surface area contributed by atoms with E-state index in [2.05, 4.69) is 5.32 Å². The average Bonchev–Trinajstić information content (AvgIpc) is 3.67. The van der Waals surface area contributed by atoms with Crippen molar-refractivity contribution in [3.63, 3.8) is 0 Å². The topological polar surface area (TPSA) is 133 Å². The van der Waals surface area contributed by atoms with Crippen LogP contribution in [0.3, 0.4) is 0 Å². The Morgan fingerprint density at radius 2 is 1.67 bits per heavy atom. The van der Waals surface area contributed by atoms with Crippen molar-refractivity contribution >= 4 is 28.7 Å². The number of alkyl carbamates (subject to hydrolysis) is 1. The molecule has 3 saturated heterocycles. The third kappa shape index (κ3) is 7.78. The van der Waals surface area contributed by atoms with E-state index in [-0.39, 0.29) is 49.1 Å². The van der Waals surface area contributed by atoms with Crippen LogP contribution in [0.25, 0.3) is 0 Å². The van der Waals surface area contributed by atoms with Gasteiger partial charge in [0, 0.05) is 13.1 Å². The molecular weight excluding hydrogens is 611 g/mol. The molecule has 0 radical (unpaired) electrons. The van der Waals surface area contributed by atoms with Gasteiger partial charge >= 0.3 is 13.2 Å². The maximum Gasteiger partial charge on any atom is 0.494 e. The molecule has 1 amide bonds. The van der Waals surface area contributed by atoms with Gasteiger partial charge in [-0.3, -0.25) is 0 Å². The zero-order valence-corrected chi connectivity index (χ0v) is 28.4. The highest BCUT2D eigenvalue weighted by Crippen LogP contribution is 2.36. The van der Waals surface area contributed by atoms with Crippen LogP contribution in [0, 0.1) is 11.8 Å². The van der Waals surface area contributed by atoms with Crippen LogP contribution in [0.1, 0.15) is 53.5 Å². The number of ether oxygens (including phenoxy) is 3. The van der Waals surface area contributed by atoms with Crippen molar-refractivity contribution in [1.29, 1.82) is 0 Å². The van der Waals surface area contributed by atoms with E-state index in [1.165, 1.54) is 16.4 Å². The fourth-order valence-electron chi connectivity index (χ4n) is 5.96. The molecule has 3 unspecified atom stereocenters. The van der Waals surface area contributed by atoms with Crippen LogP contribution in [0.5, 0.6) is 0 Å². The lowest BCUT2D eigenvalue weighted by Crippen LogP contribution is -2.51. The zero-order valence-electron chi connectivity index (χ0n) is 27.5. The minimum absolute atomic E-state index is 0.0274. The summed E-state index contributed by atoms with van der Waals surface area (Å²) in [5.74, 6) is -0.0634. The van der Waals surface area contributed by atoms with Crippen molar-refractivity contribution in [3.05, 3.63) is 60.2 Å². The Bertz CT molecular complexity index is 1420. The molecule has 3 fully saturated rings. The van der Waals surface area contributed by atoms with E-state index in [1.54, 1.807) is 12.1 Å². The molecule has 5 rings (SSSR count). The fourth-order valence-corrected chi connectivity index (χ4v) is 7.58. The van der Waals surface area contributed by atoms with Crippen LogP contribution >= 0.6 is 0 Å². The third-order valence-electron chi connectivity index (χ3n) is 9.31. The Morgan fingerprint density at radius 1 is 1.02 bits per heavy atom. The number of sulfonamides is 1. The maximum absolute atomic E-state index is 14.0. The molecule has 2 aromatic carbocycles. The van der Waals surface area contributed by atoms with E-state index in [0.29, 0.717) is 12.1 Å². The first-order chi connectivity index (χ1) is 21.7. The molecule has 3 aliphatic rings. The van der Waals surface area contributed by atoms with Gasteiger partial charge in [-0.15, -0.1) is 0 Å². The van der Waals surface area contributed by atoms with E-state index in [1.807, 2.05) is 71.9 Å². The van der Waals surface area contributed by atoms with Crippen LogP contribution in [-0.4, -0.2) is 93.1 Å². The summed E-state index contributed by atoms with van der Waals surface area (Å²) >= 11 is 0. The van der Waals surface area contributed by atoms with Gasteiger partial charge in [-0.05, 0) is 69.6 Å². The predicted octanol–water partition coefficient (Wildman–Crippen LogP) is 3.09. The second kappa shape index (κ2) is 13.9. The number of hydrogen-bond donors (Lipinski definition) is 2. The summed E-state index contributed by atoms with van der Waals surface area (Å²) < 4.78 is 58.4. The van der Waals surface area contributed by atoms with Gasteiger partial charge in [0.25, 0.3) is 0 Å².